The molecule has 1 unspecified atom stereocenters. The third-order valence-corrected chi connectivity index (χ3v) is 3.93. The Kier molecular flexibility index (Phi) is 8.13. The number of piperidine rings is 1. The van der Waals surface area contributed by atoms with Crippen molar-refractivity contribution in [2.45, 2.75) is 38.7 Å². The Balaban J connectivity index is 0.00000200. The maximum atomic E-state index is 9.77. The van der Waals surface area contributed by atoms with Crippen molar-refractivity contribution >= 4 is 29.9 Å². The monoisotopic (exact) mass is 397 g/mol. The first-order valence-electron chi connectivity index (χ1n) is 7.46. The van der Waals surface area contributed by atoms with Crippen LogP contribution in [0.4, 0.5) is 0 Å². The summed E-state index contributed by atoms with van der Waals surface area (Å²) in [5.74, 6) is 2.08. The Hall–Kier alpha value is -0.0800. The second kappa shape index (κ2) is 9.04. The lowest BCUT2D eigenvalue weighted by atomic mass is 10.00. The van der Waals surface area contributed by atoms with Crippen molar-refractivity contribution in [3.8, 4) is 0 Å². The van der Waals surface area contributed by atoms with Gasteiger partial charge in [-0.05, 0) is 37.5 Å². The van der Waals surface area contributed by atoms with E-state index in [0.29, 0.717) is 19.1 Å². The first-order chi connectivity index (χ1) is 9.15. The molecule has 1 aliphatic heterocycles. The number of aliphatic hydroxyl groups is 1. The van der Waals surface area contributed by atoms with Crippen LogP contribution in [-0.4, -0.2) is 54.9 Å². The number of guanidine groups is 1. The predicted molar refractivity (Wildman–Crippen MR) is 91.4 cm³/mol. The van der Waals surface area contributed by atoms with Gasteiger partial charge < -0.3 is 20.5 Å². The maximum Gasteiger partial charge on any atom is 0.191 e. The summed E-state index contributed by atoms with van der Waals surface area (Å²) in [7, 11) is 0. The summed E-state index contributed by atoms with van der Waals surface area (Å²) >= 11 is 0. The largest absolute Gasteiger partial charge is 0.389 e. The van der Waals surface area contributed by atoms with E-state index in [1.54, 1.807) is 0 Å². The maximum absolute atomic E-state index is 9.77. The van der Waals surface area contributed by atoms with Crippen LogP contribution in [0.15, 0.2) is 4.99 Å². The van der Waals surface area contributed by atoms with Crippen LogP contribution in [0.2, 0.25) is 0 Å². The zero-order chi connectivity index (χ0) is 13.7. The molecule has 0 aromatic heterocycles. The lowest BCUT2D eigenvalue weighted by Gasteiger charge is -2.31. The topological polar surface area (TPSA) is 71.1 Å². The van der Waals surface area contributed by atoms with Gasteiger partial charge in [-0.25, -0.2) is 0 Å². The SMILES string of the molecule is CC1CCN(C(N)=NCC(O)COCC2CC2)CC1.I. The number of rotatable bonds is 6. The second-order valence-electron chi connectivity index (χ2n) is 6.00. The first-order valence-corrected chi connectivity index (χ1v) is 7.46. The number of nitrogens with zero attached hydrogens (tertiary/aromatic N) is 2. The van der Waals surface area contributed by atoms with Gasteiger partial charge in [-0.3, -0.25) is 4.99 Å². The van der Waals surface area contributed by atoms with Crippen molar-refractivity contribution in [3.63, 3.8) is 0 Å². The number of ether oxygens (including phenoxy) is 1. The molecule has 0 amide bonds. The molecule has 2 fully saturated rings. The number of likely N-dealkylation sites (tertiary alicyclic amines) is 1. The van der Waals surface area contributed by atoms with E-state index in [0.717, 1.165) is 31.5 Å². The molecule has 0 spiro atoms. The zero-order valence-corrected chi connectivity index (χ0v) is 14.7. The van der Waals surface area contributed by atoms with Crippen molar-refractivity contribution in [1.82, 2.24) is 4.90 Å². The molecule has 1 saturated carbocycles. The minimum absolute atomic E-state index is 0. The van der Waals surface area contributed by atoms with Crippen LogP contribution in [-0.2, 0) is 4.74 Å². The van der Waals surface area contributed by atoms with Gasteiger partial charge in [0.2, 0.25) is 0 Å². The van der Waals surface area contributed by atoms with E-state index in [1.807, 2.05) is 0 Å². The van der Waals surface area contributed by atoms with E-state index < -0.39 is 6.10 Å². The predicted octanol–water partition coefficient (Wildman–Crippen LogP) is 1.44. The molecule has 1 saturated heterocycles. The molecular weight excluding hydrogens is 369 g/mol. The number of aliphatic imine (C=N–C) groups is 1. The summed E-state index contributed by atoms with van der Waals surface area (Å²) in [5.41, 5.74) is 5.95. The molecule has 0 radical (unpaired) electrons. The van der Waals surface area contributed by atoms with Crippen LogP contribution in [0.3, 0.4) is 0 Å². The molecule has 1 atom stereocenters. The minimum atomic E-state index is -0.541. The molecule has 0 aromatic rings. The fourth-order valence-corrected chi connectivity index (χ4v) is 2.24. The highest BCUT2D eigenvalue weighted by Gasteiger charge is 2.21. The van der Waals surface area contributed by atoms with E-state index in [-0.39, 0.29) is 24.0 Å². The minimum Gasteiger partial charge on any atom is -0.389 e. The van der Waals surface area contributed by atoms with Gasteiger partial charge in [-0.1, -0.05) is 6.92 Å². The lowest BCUT2D eigenvalue weighted by Crippen LogP contribution is -2.43. The fraction of sp³-hybridized carbons (Fsp3) is 0.929. The molecule has 20 heavy (non-hydrogen) atoms. The molecule has 2 rings (SSSR count). The summed E-state index contributed by atoms with van der Waals surface area (Å²) in [6, 6.07) is 0. The van der Waals surface area contributed by atoms with Gasteiger partial charge in [-0.15, -0.1) is 24.0 Å². The molecule has 5 nitrogen and oxygen atoms in total. The normalized spacial score (nSPS) is 22.5. The lowest BCUT2D eigenvalue weighted by molar-refractivity contribution is 0.0367. The Morgan fingerprint density at radius 3 is 2.60 bits per heavy atom. The highest BCUT2D eigenvalue weighted by molar-refractivity contribution is 14.0. The second-order valence-corrected chi connectivity index (χ2v) is 6.00. The van der Waals surface area contributed by atoms with Gasteiger partial charge in [0.25, 0.3) is 0 Å². The van der Waals surface area contributed by atoms with Gasteiger partial charge in [-0.2, -0.15) is 0 Å². The van der Waals surface area contributed by atoms with E-state index >= 15 is 0 Å². The smallest absolute Gasteiger partial charge is 0.191 e. The van der Waals surface area contributed by atoms with Gasteiger partial charge in [0.1, 0.15) is 0 Å². The van der Waals surface area contributed by atoms with Crippen molar-refractivity contribution < 1.29 is 9.84 Å². The Morgan fingerprint density at radius 2 is 2.00 bits per heavy atom. The van der Waals surface area contributed by atoms with E-state index in [9.17, 15) is 5.11 Å². The van der Waals surface area contributed by atoms with Crippen LogP contribution in [0.1, 0.15) is 32.6 Å². The van der Waals surface area contributed by atoms with Gasteiger partial charge in [0.05, 0.1) is 19.3 Å². The molecule has 2 aliphatic rings. The Morgan fingerprint density at radius 1 is 1.35 bits per heavy atom. The average Bonchev–Trinajstić information content (AvgIpc) is 3.21. The van der Waals surface area contributed by atoms with Crippen molar-refractivity contribution in [2.75, 3.05) is 32.8 Å². The van der Waals surface area contributed by atoms with E-state index in [4.69, 9.17) is 10.5 Å². The summed E-state index contributed by atoms with van der Waals surface area (Å²) < 4.78 is 5.44. The molecule has 118 valence electrons. The molecule has 1 heterocycles. The first kappa shape index (κ1) is 18.0. The quantitative estimate of drug-likeness (QED) is 0.404. The molecule has 3 N–H and O–H groups in total. The van der Waals surface area contributed by atoms with Crippen molar-refractivity contribution in [2.24, 2.45) is 22.6 Å². The number of hydrogen-bond acceptors (Lipinski definition) is 3. The third-order valence-electron chi connectivity index (χ3n) is 3.93. The van der Waals surface area contributed by atoms with Gasteiger partial charge in [0.15, 0.2) is 5.96 Å². The van der Waals surface area contributed by atoms with E-state index in [2.05, 4.69) is 16.8 Å². The van der Waals surface area contributed by atoms with E-state index in [1.165, 1.54) is 25.7 Å². The fourth-order valence-electron chi connectivity index (χ4n) is 2.24. The number of nitrogens with two attached hydrogens (primary N) is 1. The van der Waals surface area contributed by atoms with Crippen LogP contribution >= 0.6 is 24.0 Å². The molecule has 0 bridgehead atoms. The highest BCUT2D eigenvalue weighted by Crippen LogP contribution is 2.28. The number of aliphatic hydroxyl groups excluding tert-OH is 1. The highest BCUT2D eigenvalue weighted by atomic mass is 127. The van der Waals surface area contributed by atoms with Gasteiger partial charge in [0, 0.05) is 19.7 Å². The van der Waals surface area contributed by atoms with Crippen LogP contribution < -0.4 is 5.73 Å². The zero-order valence-electron chi connectivity index (χ0n) is 12.3. The van der Waals surface area contributed by atoms with Crippen molar-refractivity contribution in [3.05, 3.63) is 0 Å². The number of hydrogen-bond donors (Lipinski definition) is 2. The standard InChI is InChI=1S/C14H27N3O2.HI/c1-11-4-6-17(7-5-11)14(15)16-8-13(18)10-19-9-12-2-3-12;/h11-13,18H,2-10H2,1H3,(H2,15,16);1H. The summed E-state index contributed by atoms with van der Waals surface area (Å²) in [5, 5.41) is 9.77. The van der Waals surface area contributed by atoms with Gasteiger partial charge >= 0.3 is 0 Å². The van der Waals surface area contributed by atoms with Crippen LogP contribution in [0.5, 0.6) is 0 Å². The average molecular weight is 397 g/mol. The molecule has 0 aromatic carbocycles. The van der Waals surface area contributed by atoms with Crippen molar-refractivity contribution in [1.29, 1.82) is 0 Å². The summed E-state index contributed by atoms with van der Waals surface area (Å²) in [4.78, 5) is 6.39. The summed E-state index contributed by atoms with van der Waals surface area (Å²) in [6.45, 7) is 5.70. The van der Waals surface area contributed by atoms with Crippen LogP contribution in [0.25, 0.3) is 0 Å². The Bertz CT molecular complexity index is 303. The number of halogens is 1. The summed E-state index contributed by atoms with van der Waals surface area (Å²) in [6.07, 6.45) is 4.34. The third kappa shape index (κ3) is 6.58. The molecule has 1 aliphatic carbocycles. The molecule has 6 heteroatoms. The molecular formula is C14H28IN3O2. The Labute approximate surface area is 139 Å². The van der Waals surface area contributed by atoms with Crippen LogP contribution in [0, 0.1) is 11.8 Å².